The molecule has 0 radical (unpaired) electrons. The molecule has 0 heterocycles. The second-order valence-corrected chi connectivity index (χ2v) is 5.54. The van der Waals surface area contributed by atoms with Crippen LogP contribution in [-0.4, -0.2) is 12.6 Å². The molecule has 0 spiro atoms. The van der Waals surface area contributed by atoms with Crippen molar-refractivity contribution in [2.45, 2.75) is 90.9 Å². The van der Waals surface area contributed by atoms with E-state index < -0.39 is 0 Å². The molecule has 2 heteroatoms. The van der Waals surface area contributed by atoms with Gasteiger partial charge in [0, 0.05) is 6.08 Å². The summed E-state index contributed by atoms with van der Waals surface area (Å²) >= 11 is 0. The Morgan fingerprint density at radius 1 is 0.800 bits per heavy atom. The van der Waals surface area contributed by atoms with Crippen molar-refractivity contribution in [1.82, 2.24) is 0 Å². The maximum absolute atomic E-state index is 11.4. The molecule has 2 nitrogen and oxygen atoms in total. The standard InChI is InChI=1S/C18H34O2/c1-3-5-7-9-10-11-12-13-14-16-18(19)20-17-15-8-6-4-2/h14,16H,3-13,15,17H2,1-2H3. The quantitative estimate of drug-likeness (QED) is 0.228. The Bertz CT molecular complexity index is 234. The van der Waals surface area contributed by atoms with Crippen molar-refractivity contribution in [3.05, 3.63) is 12.2 Å². The highest BCUT2D eigenvalue weighted by molar-refractivity contribution is 5.81. The molecule has 0 saturated heterocycles. The first-order valence-electron chi connectivity index (χ1n) is 8.64. The number of esters is 1. The Kier molecular flexibility index (Phi) is 15.6. The smallest absolute Gasteiger partial charge is 0.330 e. The van der Waals surface area contributed by atoms with Crippen LogP contribution in [0.3, 0.4) is 0 Å². The van der Waals surface area contributed by atoms with E-state index in [0.29, 0.717) is 6.61 Å². The van der Waals surface area contributed by atoms with Crippen molar-refractivity contribution < 1.29 is 9.53 Å². The molecular weight excluding hydrogens is 248 g/mol. The first kappa shape index (κ1) is 19.2. The van der Waals surface area contributed by atoms with E-state index in [0.717, 1.165) is 19.3 Å². The van der Waals surface area contributed by atoms with E-state index in [9.17, 15) is 4.79 Å². The van der Waals surface area contributed by atoms with Crippen LogP contribution in [0.2, 0.25) is 0 Å². The topological polar surface area (TPSA) is 26.3 Å². The first-order valence-corrected chi connectivity index (χ1v) is 8.64. The van der Waals surface area contributed by atoms with Crippen LogP contribution in [0.15, 0.2) is 12.2 Å². The monoisotopic (exact) mass is 282 g/mol. The van der Waals surface area contributed by atoms with Gasteiger partial charge in [-0.2, -0.15) is 0 Å². The second kappa shape index (κ2) is 16.3. The highest BCUT2D eigenvalue weighted by atomic mass is 16.5. The highest BCUT2D eigenvalue weighted by Gasteiger charge is 1.96. The Morgan fingerprint density at radius 3 is 2.00 bits per heavy atom. The highest BCUT2D eigenvalue weighted by Crippen LogP contribution is 2.08. The molecule has 0 bridgehead atoms. The van der Waals surface area contributed by atoms with Crippen LogP contribution in [0.25, 0.3) is 0 Å². The summed E-state index contributed by atoms with van der Waals surface area (Å²) in [5.41, 5.74) is 0. The van der Waals surface area contributed by atoms with Gasteiger partial charge in [-0.3, -0.25) is 0 Å². The Labute approximate surface area is 126 Å². The summed E-state index contributed by atoms with van der Waals surface area (Å²) in [6, 6.07) is 0. The fraction of sp³-hybridized carbons (Fsp3) is 0.833. The average Bonchev–Trinajstić information content (AvgIpc) is 2.45. The van der Waals surface area contributed by atoms with E-state index in [1.54, 1.807) is 6.08 Å². The zero-order chi connectivity index (χ0) is 14.9. The summed E-state index contributed by atoms with van der Waals surface area (Å²) in [5, 5.41) is 0. The van der Waals surface area contributed by atoms with Gasteiger partial charge < -0.3 is 4.74 Å². The molecule has 0 aromatic rings. The minimum absolute atomic E-state index is 0.176. The van der Waals surface area contributed by atoms with Crippen LogP contribution < -0.4 is 0 Å². The Hall–Kier alpha value is -0.790. The molecule has 0 aliphatic carbocycles. The third kappa shape index (κ3) is 15.3. The molecule has 0 fully saturated rings. The number of rotatable bonds is 14. The lowest BCUT2D eigenvalue weighted by atomic mass is 10.1. The summed E-state index contributed by atoms with van der Waals surface area (Å²) in [6.07, 6.45) is 18.3. The third-order valence-corrected chi connectivity index (χ3v) is 3.47. The molecule has 0 aliphatic heterocycles. The maximum Gasteiger partial charge on any atom is 0.330 e. The van der Waals surface area contributed by atoms with Crippen molar-refractivity contribution in [2.24, 2.45) is 0 Å². The minimum Gasteiger partial charge on any atom is -0.463 e. The van der Waals surface area contributed by atoms with Crippen molar-refractivity contribution in [1.29, 1.82) is 0 Å². The van der Waals surface area contributed by atoms with Crippen LogP contribution in [0, 0.1) is 0 Å². The summed E-state index contributed by atoms with van der Waals surface area (Å²) in [4.78, 5) is 11.4. The van der Waals surface area contributed by atoms with E-state index in [4.69, 9.17) is 4.74 Å². The molecule has 0 saturated carbocycles. The van der Waals surface area contributed by atoms with Crippen LogP contribution >= 0.6 is 0 Å². The molecule has 0 N–H and O–H groups in total. The van der Waals surface area contributed by atoms with Crippen LogP contribution in [0.4, 0.5) is 0 Å². The van der Waals surface area contributed by atoms with Gasteiger partial charge >= 0.3 is 5.97 Å². The minimum atomic E-state index is -0.176. The lowest BCUT2D eigenvalue weighted by Crippen LogP contribution is -2.02. The van der Waals surface area contributed by atoms with Gasteiger partial charge in [-0.05, 0) is 19.3 Å². The van der Waals surface area contributed by atoms with Crippen molar-refractivity contribution in [3.63, 3.8) is 0 Å². The summed E-state index contributed by atoms with van der Waals surface area (Å²) in [7, 11) is 0. The van der Waals surface area contributed by atoms with Crippen molar-refractivity contribution in [2.75, 3.05) is 6.61 Å². The molecule has 0 amide bonds. The molecule has 0 aliphatic rings. The van der Waals surface area contributed by atoms with Crippen LogP contribution in [0.5, 0.6) is 0 Å². The number of ether oxygens (including phenoxy) is 1. The summed E-state index contributed by atoms with van der Waals surface area (Å²) < 4.78 is 5.13. The maximum atomic E-state index is 11.4. The lowest BCUT2D eigenvalue weighted by Gasteiger charge is -2.01. The normalized spacial score (nSPS) is 11.1. The lowest BCUT2D eigenvalue weighted by molar-refractivity contribution is -0.137. The van der Waals surface area contributed by atoms with Gasteiger partial charge in [0.15, 0.2) is 0 Å². The number of allylic oxidation sites excluding steroid dienone is 1. The first-order chi connectivity index (χ1) is 9.81. The van der Waals surface area contributed by atoms with E-state index in [1.807, 2.05) is 6.08 Å². The van der Waals surface area contributed by atoms with E-state index in [1.165, 1.54) is 57.8 Å². The third-order valence-electron chi connectivity index (χ3n) is 3.47. The van der Waals surface area contributed by atoms with E-state index in [-0.39, 0.29) is 5.97 Å². The Morgan fingerprint density at radius 2 is 1.35 bits per heavy atom. The van der Waals surface area contributed by atoms with Gasteiger partial charge in [0.2, 0.25) is 0 Å². The van der Waals surface area contributed by atoms with E-state index in [2.05, 4.69) is 13.8 Å². The fourth-order valence-electron chi connectivity index (χ4n) is 2.15. The number of unbranched alkanes of at least 4 members (excludes halogenated alkanes) is 10. The molecule has 20 heavy (non-hydrogen) atoms. The number of carbonyl (C=O) groups excluding carboxylic acids is 1. The SMILES string of the molecule is CCCCCCCCCC=CC(=O)OCCCCCC. The van der Waals surface area contributed by atoms with Crippen LogP contribution in [-0.2, 0) is 9.53 Å². The number of carbonyl (C=O) groups is 1. The van der Waals surface area contributed by atoms with Gasteiger partial charge in [0.25, 0.3) is 0 Å². The van der Waals surface area contributed by atoms with Crippen molar-refractivity contribution >= 4 is 5.97 Å². The molecule has 0 aromatic carbocycles. The van der Waals surface area contributed by atoms with Gasteiger partial charge in [-0.1, -0.05) is 77.7 Å². The van der Waals surface area contributed by atoms with Crippen LogP contribution in [0.1, 0.15) is 90.9 Å². The zero-order valence-electron chi connectivity index (χ0n) is 13.7. The van der Waals surface area contributed by atoms with Gasteiger partial charge in [-0.25, -0.2) is 4.79 Å². The van der Waals surface area contributed by atoms with Gasteiger partial charge in [0.1, 0.15) is 0 Å². The number of hydrogen-bond donors (Lipinski definition) is 0. The number of hydrogen-bond acceptors (Lipinski definition) is 2. The second-order valence-electron chi connectivity index (χ2n) is 5.54. The van der Waals surface area contributed by atoms with E-state index >= 15 is 0 Å². The fourth-order valence-corrected chi connectivity index (χ4v) is 2.15. The van der Waals surface area contributed by atoms with Gasteiger partial charge in [-0.15, -0.1) is 0 Å². The Balaban J connectivity index is 3.26. The molecule has 0 atom stereocenters. The molecule has 0 unspecified atom stereocenters. The van der Waals surface area contributed by atoms with Gasteiger partial charge in [0.05, 0.1) is 6.61 Å². The molecule has 0 rings (SSSR count). The summed E-state index contributed by atoms with van der Waals surface area (Å²) in [6.45, 7) is 4.99. The predicted octanol–water partition coefficient (Wildman–Crippen LogP) is 5.81. The molecular formula is C18H34O2. The predicted molar refractivity (Wildman–Crippen MR) is 86.9 cm³/mol. The molecule has 0 aromatic heterocycles. The molecule has 118 valence electrons. The summed E-state index contributed by atoms with van der Waals surface area (Å²) in [5.74, 6) is -0.176. The zero-order valence-corrected chi connectivity index (χ0v) is 13.7. The largest absolute Gasteiger partial charge is 0.463 e. The van der Waals surface area contributed by atoms with Crippen molar-refractivity contribution in [3.8, 4) is 0 Å². The average molecular weight is 282 g/mol.